The van der Waals surface area contributed by atoms with E-state index in [0.29, 0.717) is 18.4 Å². The lowest BCUT2D eigenvalue weighted by atomic mass is 9.85. The number of aliphatic hydroxyl groups excluding tert-OH is 2. The van der Waals surface area contributed by atoms with Crippen LogP contribution >= 0.6 is 0 Å². The molecule has 0 spiro atoms. The van der Waals surface area contributed by atoms with E-state index in [1.165, 1.54) is 12.8 Å². The lowest BCUT2D eigenvalue weighted by Crippen LogP contribution is -2.20. The van der Waals surface area contributed by atoms with Crippen LogP contribution in [0.4, 0.5) is 0 Å². The van der Waals surface area contributed by atoms with Crippen molar-refractivity contribution < 1.29 is 24.9 Å². The molecule has 0 aliphatic heterocycles. The van der Waals surface area contributed by atoms with Crippen molar-refractivity contribution in [3.05, 3.63) is 0 Å². The summed E-state index contributed by atoms with van der Waals surface area (Å²) in [5.41, 5.74) is 0. The first-order valence-electron chi connectivity index (χ1n) is 9.70. The normalized spacial score (nSPS) is 25.0. The molecule has 5 heteroatoms. The number of aliphatic carboxylic acids is 1. The van der Waals surface area contributed by atoms with E-state index in [2.05, 4.69) is 6.92 Å². The standard InChI is InChI=1S/C19H36O5/c1-2-3-4-7-16(20)11-9-15-10-12-18(21)17(15)8-5-6-13-24-14-19(22)23/h15-18,20-21H,2-14H2,1H3,(H,22,23)/t15-,16?,17+,18-/m0/s1. The minimum absolute atomic E-state index is 0.195. The Morgan fingerprint density at radius 3 is 2.62 bits per heavy atom. The van der Waals surface area contributed by atoms with Crippen LogP contribution in [-0.4, -0.2) is 46.7 Å². The number of hydrogen-bond donors (Lipinski definition) is 3. The van der Waals surface area contributed by atoms with E-state index in [9.17, 15) is 15.0 Å². The maximum atomic E-state index is 10.4. The van der Waals surface area contributed by atoms with E-state index in [-0.39, 0.29) is 18.8 Å². The zero-order chi connectivity index (χ0) is 17.8. The predicted octanol–water partition coefficient (Wildman–Crippen LogP) is 3.37. The average Bonchev–Trinajstić information content (AvgIpc) is 2.89. The smallest absolute Gasteiger partial charge is 0.329 e. The van der Waals surface area contributed by atoms with Crippen molar-refractivity contribution in [1.29, 1.82) is 0 Å². The lowest BCUT2D eigenvalue weighted by molar-refractivity contribution is -0.142. The summed E-state index contributed by atoms with van der Waals surface area (Å²) < 4.78 is 5.04. The molecular formula is C19H36O5. The molecule has 1 unspecified atom stereocenters. The third-order valence-corrected chi connectivity index (χ3v) is 5.25. The summed E-state index contributed by atoms with van der Waals surface area (Å²) in [6, 6.07) is 0. The number of unbranched alkanes of at least 4 members (excludes halogenated alkanes) is 3. The monoisotopic (exact) mass is 344 g/mol. The Kier molecular flexibility index (Phi) is 11.3. The Morgan fingerprint density at radius 1 is 1.12 bits per heavy atom. The summed E-state index contributed by atoms with van der Waals surface area (Å²) >= 11 is 0. The van der Waals surface area contributed by atoms with Gasteiger partial charge in [-0.2, -0.15) is 0 Å². The molecule has 142 valence electrons. The van der Waals surface area contributed by atoms with Crippen molar-refractivity contribution in [3.63, 3.8) is 0 Å². The van der Waals surface area contributed by atoms with Gasteiger partial charge in [0.05, 0.1) is 12.2 Å². The minimum atomic E-state index is -0.932. The molecule has 0 saturated heterocycles. The summed E-state index contributed by atoms with van der Waals surface area (Å²) in [6.45, 7) is 2.41. The molecule has 0 amide bonds. The third-order valence-electron chi connectivity index (χ3n) is 5.25. The van der Waals surface area contributed by atoms with Crippen LogP contribution in [0.1, 0.15) is 77.6 Å². The van der Waals surface area contributed by atoms with Crippen molar-refractivity contribution >= 4 is 5.97 Å². The van der Waals surface area contributed by atoms with Crippen LogP contribution in [0.2, 0.25) is 0 Å². The summed E-state index contributed by atoms with van der Waals surface area (Å²) in [4.78, 5) is 10.4. The number of rotatable bonds is 14. The summed E-state index contributed by atoms with van der Waals surface area (Å²) in [5.74, 6) is -0.0909. The van der Waals surface area contributed by atoms with Gasteiger partial charge in [-0.1, -0.05) is 32.6 Å². The highest BCUT2D eigenvalue weighted by atomic mass is 16.5. The van der Waals surface area contributed by atoms with Crippen LogP contribution in [0, 0.1) is 11.8 Å². The molecule has 0 aromatic heterocycles. The van der Waals surface area contributed by atoms with Crippen molar-refractivity contribution in [2.45, 2.75) is 89.8 Å². The fraction of sp³-hybridized carbons (Fsp3) is 0.947. The van der Waals surface area contributed by atoms with Crippen molar-refractivity contribution in [3.8, 4) is 0 Å². The molecule has 1 rings (SSSR count). The van der Waals surface area contributed by atoms with Crippen LogP contribution < -0.4 is 0 Å². The van der Waals surface area contributed by atoms with Gasteiger partial charge in [-0.25, -0.2) is 4.79 Å². The number of aliphatic hydroxyl groups is 2. The lowest BCUT2D eigenvalue weighted by Gasteiger charge is -2.23. The first kappa shape index (κ1) is 21.4. The van der Waals surface area contributed by atoms with Crippen LogP contribution in [-0.2, 0) is 9.53 Å². The zero-order valence-corrected chi connectivity index (χ0v) is 15.2. The van der Waals surface area contributed by atoms with Gasteiger partial charge in [0.2, 0.25) is 0 Å². The van der Waals surface area contributed by atoms with Crippen LogP contribution in [0.25, 0.3) is 0 Å². The first-order chi connectivity index (χ1) is 11.5. The average molecular weight is 344 g/mol. The second-order valence-electron chi connectivity index (χ2n) is 7.24. The maximum absolute atomic E-state index is 10.4. The quantitative estimate of drug-likeness (QED) is 0.421. The highest BCUT2D eigenvalue weighted by molar-refractivity contribution is 5.67. The van der Waals surface area contributed by atoms with Gasteiger partial charge >= 0.3 is 5.97 Å². The van der Waals surface area contributed by atoms with E-state index in [1.54, 1.807) is 0 Å². The molecule has 24 heavy (non-hydrogen) atoms. The van der Waals surface area contributed by atoms with Gasteiger partial charge < -0.3 is 20.1 Å². The SMILES string of the molecule is CCCCCC(O)CC[C@H]1CC[C@H](O)[C@@H]1CCCCOCC(=O)O. The Hall–Kier alpha value is -0.650. The fourth-order valence-electron chi connectivity index (χ4n) is 3.84. The zero-order valence-electron chi connectivity index (χ0n) is 15.2. The summed E-state index contributed by atoms with van der Waals surface area (Å²) in [7, 11) is 0. The Labute approximate surface area is 146 Å². The first-order valence-corrected chi connectivity index (χ1v) is 9.70. The molecule has 0 heterocycles. The molecule has 1 fully saturated rings. The van der Waals surface area contributed by atoms with Gasteiger partial charge in [0.1, 0.15) is 6.61 Å². The molecule has 1 aliphatic rings. The van der Waals surface area contributed by atoms with E-state index in [4.69, 9.17) is 9.84 Å². The molecule has 0 aromatic rings. The molecule has 5 nitrogen and oxygen atoms in total. The Balaban J connectivity index is 2.18. The third kappa shape index (κ3) is 9.00. The molecule has 1 aliphatic carbocycles. The maximum Gasteiger partial charge on any atom is 0.329 e. The fourth-order valence-corrected chi connectivity index (χ4v) is 3.84. The molecule has 4 atom stereocenters. The van der Waals surface area contributed by atoms with E-state index >= 15 is 0 Å². The Bertz CT molecular complexity index is 334. The van der Waals surface area contributed by atoms with Crippen LogP contribution in [0.5, 0.6) is 0 Å². The highest BCUT2D eigenvalue weighted by Crippen LogP contribution is 2.38. The molecule has 0 radical (unpaired) electrons. The topological polar surface area (TPSA) is 87.0 Å². The Morgan fingerprint density at radius 2 is 1.92 bits per heavy atom. The summed E-state index contributed by atoms with van der Waals surface area (Å²) in [6.07, 6.45) is 10.5. The number of ether oxygens (including phenoxy) is 1. The second kappa shape index (κ2) is 12.7. The van der Waals surface area contributed by atoms with Crippen molar-refractivity contribution in [1.82, 2.24) is 0 Å². The van der Waals surface area contributed by atoms with Gasteiger partial charge in [-0.15, -0.1) is 0 Å². The van der Waals surface area contributed by atoms with E-state index in [1.807, 2.05) is 0 Å². The van der Waals surface area contributed by atoms with Crippen molar-refractivity contribution in [2.75, 3.05) is 13.2 Å². The van der Waals surface area contributed by atoms with E-state index < -0.39 is 5.97 Å². The van der Waals surface area contributed by atoms with Gasteiger partial charge in [0, 0.05) is 6.61 Å². The minimum Gasteiger partial charge on any atom is -0.480 e. The molecule has 0 bridgehead atoms. The molecule has 3 N–H and O–H groups in total. The number of hydrogen-bond acceptors (Lipinski definition) is 4. The molecule has 0 aromatic carbocycles. The van der Waals surface area contributed by atoms with Crippen LogP contribution in [0.3, 0.4) is 0 Å². The van der Waals surface area contributed by atoms with Gasteiger partial charge in [-0.05, 0) is 56.8 Å². The van der Waals surface area contributed by atoms with Crippen LogP contribution in [0.15, 0.2) is 0 Å². The number of carboxylic acid groups (broad SMARTS) is 1. The number of carbonyl (C=O) groups is 1. The van der Waals surface area contributed by atoms with Crippen molar-refractivity contribution in [2.24, 2.45) is 11.8 Å². The number of carboxylic acids is 1. The van der Waals surface area contributed by atoms with Gasteiger partial charge in [0.15, 0.2) is 0 Å². The summed E-state index contributed by atoms with van der Waals surface area (Å²) in [5, 5.41) is 28.8. The molecular weight excluding hydrogens is 308 g/mol. The predicted molar refractivity (Wildman–Crippen MR) is 93.9 cm³/mol. The van der Waals surface area contributed by atoms with E-state index in [0.717, 1.165) is 57.8 Å². The largest absolute Gasteiger partial charge is 0.480 e. The second-order valence-corrected chi connectivity index (χ2v) is 7.24. The molecule has 1 saturated carbocycles. The van der Waals surface area contributed by atoms with Gasteiger partial charge in [-0.3, -0.25) is 0 Å². The highest BCUT2D eigenvalue weighted by Gasteiger charge is 2.34. The van der Waals surface area contributed by atoms with Gasteiger partial charge in [0.25, 0.3) is 0 Å².